The van der Waals surface area contributed by atoms with Crippen LogP contribution in [0.25, 0.3) is 0 Å². The maximum atomic E-state index is 13.8. The molecule has 0 saturated carbocycles. The fourth-order valence-electron chi connectivity index (χ4n) is 3.22. The Hall–Kier alpha value is -1.98. The summed E-state index contributed by atoms with van der Waals surface area (Å²) in [5.41, 5.74) is 0. The molecule has 22 heteroatoms. The predicted octanol–water partition coefficient (Wildman–Crippen LogP) is 8.19. The van der Waals surface area contributed by atoms with Gasteiger partial charge in [0.25, 0.3) is 0 Å². The topological polar surface area (TPSA) is 61.8 Å². The first-order valence-electron chi connectivity index (χ1n) is 11.8. The highest BCUT2D eigenvalue weighted by molar-refractivity contribution is 6.84. The third kappa shape index (κ3) is 10.6. The summed E-state index contributed by atoms with van der Waals surface area (Å²) in [4.78, 5) is 22.9. The predicted molar refractivity (Wildman–Crippen MR) is 122 cm³/mol. The van der Waals surface area contributed by atoms with Crippen molar-refractivity contribution in [1.82, 2.24) is 0 Å². The third-order valence-electron chi connectivity index (χ3n) is 5.06. The highest BCUT2D eigenvalue weighted by Gasteiger charge is 2.91. The maximum Gasteiger partial charge on any atom is 0.473 e. The van der Waals surface area contributed by atoms with Gasteiger partial charge >= 0.3 is 53.8 Å². The van der Waals surface area contributed by atoms with E-state index >= 15 is 0 Å². The molecule has 0 aliphatic rings. The average molecular weight is 701 g/mol. The Balaban J connectivity index is 5.58. The second kappa shape index (κ2) is 13.2. The van der Waals surface area contributed by atoms with Crippen LogP contribution in [0.3, 0.4) is 0 Å². The van der Waals surface area contributed by atoms with Gasteiger partial charge in [-0.15, -0.1) is 0 Å². The zero-order chi connectivity index (χ0) is 34.7. The molecule has 0 radical (unpaired) electrons. The molecule has 0 aromatic rings. The number of rotatable bonds is 16. The van der Waals surface area contributed by atoms with Crippen LogP contribution in [0.5, 0.6) is 0 Å². The van der Waals surface area contributed by atoms with Crippen LogP contribution < -0.4 is 0 Å². The standard InChI is InChI=1S/C21H27F15O5Si2/c1-42(2,3)41-43(4,5)12-6-11-39-13(37)7-8-14(38)40-21(35,36)20(33,34)19(31,32)18(29,30)17(27,28)15(22,23)9-10-16(24,25)26/h7-8H,6,9-12H2,1-5H3. The van der Waals surface area contributed by atoms with E-state index in [1.807, 2.05) is 32.7 Å². The summed E-state index contributed by atoms with van der Waals surface area (Å²) in [5, 5.41) is 0. The van der Waals surface area contributed by atoms with E-state index < -0.39 is 89.4 Å². The van der Waals surface area contributed by atoms with Crippen molar-refractivity contribution in [2.45, 2.75) is 99.9 Å². The molecule has 0 heterocycles. The lowest BCUT2D eigenvalue weighted by Gasteiger charge is -2.40. The molecule has 0 aliphatic carbocycles. The van der Waals surface area contributed by atoms with Crippen LogP contribution >= 0.6 is 0 Å². The van der Waals surface area contributed by atoms with Gasteiger partial charge in [0.05, 0.1) is 6.61 Å². The SMILES string of the molecule is C[Si](C)(C)O[Si](C)(C)CCCOC(=O)C=CC(=O)OC(F)(F)C(F)(F)C(F)(F)C(F)(F)C(F)(F)C(F)(F)CCC(F)(F)F. The lowest BCUT2D eigenvalue weighted by molar-refractivity contribution is -0.451. The maximum absolute atomic E-state index is 13.8. The van der Waals surface area contributed by atoms with Crippen LogP contribution in [0.4, 0.5) is 65.9 Å². The first-order valence-corrected chi connectivity index (χ1v) is 18.3. The van der Waals surface area contributed by atoms with E-state index in [1.165, 1.54) is 0 Å². The molecule has 0 fully saturated rings. The van der Waals surface area contributed by atoms with Gasteiger partial charge < -0.3 is 13.6 Å². The van der Waals surface area contributed by atoms with Crippen LogP contribution in [0.1, 0.15) is 19.3 Å². The van der Waals surface area contributed by atoms with Gasteiger partial charge in [0.2, 0.25) is 0 Å². The number of hydrogen-bond donors (Lipinski definition) is 0. The van der Waals surface area contributed by atoms with Gasteiger partial charge in [-0.3, -0.25) is 0 Å². The minimum atomic E-state index is -8.17. The van der Waals surface area contributed by atoms with E-state index in [2.05, 4.69) is 9.47 Å². The molecule has 0 N–H and O–H groups in total. The molecule has 254 valence electrons. The molecular formula is C21H27F15O5Si2. The zero-order valence-electron chi connectivity index (χ0n) is 22.9. The molecule has 0 aliphatic heterocycles. The van der Waals surface area contributed by atoms with Gasteiger partial charge in [-0.1, -0.05) is 0 Å². The van der Waals surface area contributed by atoms with Gasteiger partial charge in [-0.05, 0) is 45.2 Å². The summed E-state index contributed by atoms with van der Waals surface area (Å²) < 4.78 is 213. The molecule has 0 aromatic heterocycles. The van der Waals surface area contributed by atoms with Crippen molar-refractivity contribution in [3.8, 4) is 0 Å². The summed E-state index contributed by atoms with van der Waals surface area (Å²) in [5.74, 6) is -43.0. The van der Waals surface area contributed by atoms with Crippen LogP contribution in [0.15, 0.2) is 12.2 Å². The number of hydrogen-bond acceptors (Lipinski definition) is 5. The van der Waals surface area contributed by atoms with Crippen molar-refractivity contribution < 1.29 is 89.0 Å². The molecule has 0 aromatic carbocycles. The van der Waals surface area contributed by atoms with Crippen molar-refractivity contribution in [1.29, 1.82) is 0 Å². The van der Waals surface area contributed by atoms with E-state index in [0.29, 0.717) is 6.04 Å². The Morgan fingerprint density at radius 2 is 1.07 bits per heavy atom. The number of halogens is 15. The molecular weight excluding hydrogens is 673 g/mol. The monoisotopic (exact) mass is 700 g/mol. The minimum absolute atomic E-state index is 0.0419. The average Bonchev–Trinajstić information content (AvgIpc) is 2.76. The number of ether oxygens (including phenoxy) is 2. The van der Waals surface area contributed by atoms with Crippen molar-refractivity contribution in [3.63, 3.8) is 0 Å². The summed E-state index contributed by atoms with van der Waals surface area (Å²) in [6, 6.07) is 0.462. The lowest BCUT2D eigenvalue weighted by atomic mass is 9.91. The van der Waals surface area contributed by atoms with Gasteiger partial charge in [-0.25, -0.2) is 9.59 Å². The highest BCUT2D eigenvalue weighted by Crippen LogP contribution is 2.61. The van der Waals surface area contributed by atoms with Crippen molar-refractivity contribution in [2.24, 2.45) is 0 Å². The minimum Gasteiger partial charge on any atom is -0.463 e. The molecule has 0 atom stereocenters. The molecule has 5 nitrogen and oxygen atoms in total. The molecule has 0 spiro atoms. The van der Waals surface area contributed by atoms with Crippen LogP contribution in [0, 0.1) is 0 Å². The van der Waals surface area contributed by atoms with Crippen molar-refractivity contribution >= 4 is 28.6 Å². The Kier molecular flexibility index (Phi) is 12.6. The number of esters is 2. The van der Waals surface area contributed by atoms with Crippen LogP contribution in [0.2, 0.25) is 38.8 Å². The smallest absolute Gasteiger partial charge is 0.463 e. The largest absolute Gasteiger partial charge is 0.473 e. The van der Waals surface area contributed by atoms with E-state index in [-0.39, 0.29) is 19.1 Å². The van der Waals surface area contributed by atoms with E-state index in [4.69, 9.17) is 4.12 Å². The Morgan fingerprint density at radius 1 is 0.628 bits per heavy atom. The number of alkyl halides is 15. The lowest BCUT2D eigenvalue weighted by Crippen LogP contribution is -2.71. The van der Waals surface area contributed by atoms with Crippen molar-refractivity contribution in [3.05, 3.63) is 12.2 Å². The van der Waals surface area contributed by atoms with Gasteiger partial charge in [-0.2, -0.15) is 65.9 Å². The number of carbonyl (C=O) groups excluding carboxylic acids is 2. The van der Waals surface area contributed by atoms with Gasteiger partial charge in [0.15, 0.2) is 16.6 Å². The summed E-state index contributed by atoms with van der Waals surface area (Å²) in [6.07, 6.45) is -19.4. The Labute approximate surface area is 237 Å². The zero-order valence-corrected chi connectivity index (χ0v) is 24.9. The summed E-state index contributed by atoms with van der Waals surface area (Å²) in [6.45, 7) is 9.16. The fraction of sp³-hybridized carbons (Fsp3) is 0.810. The molecule has 0 amide bonds. The Bertz CT molecular complexity index is 1010. The first-order chi connectivity index (χ1) is 18.7. The van der Waals surface area contributed by atoms with E-state index in [1.54, 1.807) is 0 Å². The second-order valence-corrected chi connectivity index (χ2v) is 19.7. The highest BCUT2D eigenvalue weighted by atomic mass is 28.4. The molecule has 0 rings (SSSR count). The van der Waals surface area contributed by atoms with E-state index in [9.17, 15) is 75.4 Å². The Morgan fingerprint density at radius 3 is 1.51 bits per heavy atom. The van der Waals surface area contributed by atoms with Crippen molar-refractivity contribution in [2.75, 3.05) is 6.61 Å². The van der Waals surface area contributed by atoms with Gasteiger partial charge in [0.1, 0.15) is 0 Å². The molecule has 0 unspecified atom stereocenters. The molecule has 0 saturated heterocycles. The molecule has 43 heavy (non-hydrogen) atoms. The normalized spacial score (nSPS) is 15.2. The summed E-state index contributed by atoms with van der Waals surface area (Å²) in [7, 11) is -4.08. The quantitative estimate of drug-likeness (QED) is 0.0535. The second-order valence-electron chi connectivity index (χ2n) is 10.6. The first kappa shape index (κ1) is 41.0. The third-order valence-corrected chi connectivity index (χ3v) is 11.3. The van der Waals surface area contributed by atoms with Gasteiger partial charge in [0, 0.05) is 25.0 Å². The van der Waals surface area contributed by atoms with Crippen LogP contribution in [-0.2, 0) is 23.2 Å². The summed E-state index contributed by atoms with van der Waals surface area (Å²) >= 11 is 0. The number of carbonyl (C=O) groups is 2. The molecule has 0 bridgehead atoms. The van der Waals surface area contributed by atoms with Crippen LogP contribution in [-0.4, -0.2) is 77.1 Å². The van der Waals surface area contributed by atoms with E-state index in [0.717, 1.165) is 0 Å². The fourth-order valence-corrected chi connectivity index (χ4v) is 11.3.